The van der Waals surface area contributed by atoms with Crippen LogP contribution in [-0.2, 0) is 22.7 Å². The van der Waals surface area contributed by atoms with Gasteiger partial charge in [0.15, 0.2) is 0 Å². The van der Waals surface area contributed by atoms with E-state index < -0.39 is 11.9 Å². The molecule has 1 fully saturated rings. The Labute approximate surface area is 123 Å². The quantitative estimate of drug-likeness (QED) is 0.904. The largest absolute Gasteiger partial charge is 0.481 e. The Balaban J connectivity index is 1.82. The summed E-state index contributed by atoms with van der Waals surface area (Å²) in [5, 5.41) is 9.25. The van der Waals surface area contributed by atoms with Crippen LogP contribution < -0.4 is 0 Å². The maximum absolute atomic E-state index is 12.7. The van der Waals surface area contributed by atoms with Gasteiger partial charge in [-0.25, -0.2) is 0 Å². The number of rotatable bonds is 2. The molecule has 21 heavy (non-hydrogen) atoms. The highest BCUT2D eigenvalue weighted by atomic mass is 16.5. The molecule has 5 nitrogen and oxygen atoms in total. The van der Waals surface area contributed by atoms with Gasteiger partial charge in [0.05, 0.1) is 19.1 Å². The van der Waals surface area contributed by atoms with Crippen molar-refractivity contribution in [2.75, 3.05) is 6.54 Å². The summed E-state index contributed by atoms with van der Waals surface area (Å²) in [6.07, 6.45) is 1.37. The Morgan fingerprint density at radius 1 is 1.29 bits per heavy atom. The number of aliphatic carboxylic acids is 1. The van der Waals surface area contributed by atoms with Crippen molar-refractivity contribution in [2.24, 2.45) is 5.92 Å². The summed E-state index contributed by atoms with van der Waals surface area (Å²) in [5.41, 5.74) is 2.80. The molecule has 2 aliphatic rings. The van der Waals surface area contributed by atoms with Gasteiger partial charge in [-0.2, -0.15) is 0 Å². The standard InChI is InChI=1S/C16H19NO4/c1-10-14(16(19)20)3-2-6-17(10)15(18)11-4-5-12-8-21-9-13(12)7-11/h4-5,7,10,14H,2-3,6,8-9H2,1H3,(H,19,20)/t10-,14-/m1/s1. The zero-order valence-corrected chi connectivity index (χ0v) is 12.0. The summed E-state index contributed by atoms with van der Waals surface area (Å²) < 4.78 is 5.36. The van der Waals surface area contributed by atoms with Gasteiger partial charge in [-0.15, -0.1) is 0 Å². The van der Waals surface area contributed by atoms with Gasteiger partial charge >= 0.3 is 5.97 Å². The Morgan fingerprint density at radius 3 is 2.81 bits per heavy atom. The number of ether oxygens (including phenoxy) is 1. The molecule has 2 heterocycles. The average molecular weight is 289 g/mol. The van der Waals surface area contributed by atoms with Crippen molar-refractivity contribution >= 4 is 11.9 Å². The second-order valence-corrected chi connectivity index (χ2v) is 5.80. The van der Waals surface area contributed by atoms with Crippen molar-refractivity contribution < 1.29 is 19.4 Å². The topological polar surface area (TPSA) is 66.8 Å². The summed E-state index contributed by atoms with van der Waals surface area (Å²) >= 11 is 0. The second kappa shape index (κ2) is 5.48. The van der Waals surface area contributed by atoms with E-state index in [0.29, 0.717) is 31.7 Å². The molecule has 0 spiro atoms. The highest BCUT2D eigenvalue weighted by Crippen LogP contribution is 2.27. The van der Waals surface area contributed by atoms with Crippen LogP contribution in [0, 0.1) is 5.92 Å². The third-order valence-corrected chi connectivity index (χ3v) is 4.53. The first-order chi connectivity index (χ1) is 10.1. The van der Waals surface area contributed by atoms with Crippen molar-refractivity contribution in [3.63, 3.8) is 0 Å². The fourth-order valence-electron chi connectivity index (χ4n) is 3.23. The molecule has 0 saturated carbocycles. The van der Waals surface area contributed by atoms with Gasteiger partial charge in [-0.1, -0.05) is 6.07 Å². The number of piperidine rings is 1. The first kappa shape index (κ1) is 14.1. The maximum atomic E-state index is 12.7. The van der Waals surface area contributed by atoms with E-state index in [1.807, 2.05) is 25.1 Å². The molecule has 1 saturated heterocycles. The molecule has 112 valence electrons. The molecule has 0 radical (unpaired) electrons. The summed E-state index contributed by atoms with van der Waals surface area (Å²) in [6.45, 7) is 3.60. The molecule has 1 aromatic carbocycles. The van der Waals surface area contributed by atoms with Gasteiger partial charge in [0.1, 0.15) is 0 Å². The van der Waals surface area contributed by atoms with Gasteiger partial charge in [0.25, 0.3) is 5.91 Å². The molecule has 2 aliphatic heterocycles. The van der Waals surface area contributed by atoms with Gasteiger partial charge in [-0.05, 0) is 43.0 Å². The molecule has 0 aromatic heterocycles. The Hall–Kier alpha value is -1.88. The molecule has 0 unspecified atom stereocenters. The fraction of sp³-hybridized carbons (Fsp3) is 0.500. The Kier molecular flexibility index (Phi) is 3.68. The van der Waals surface area contributed by atoms with Crippen molar-refractivity contribution in [2.45, 2.75) is 39.0 Å². The van der Waals surface area contributed by atoms with E-state index in [4.69, 9.17) is 4.74 Å². The van der Waals surface area contributed by atoms with Crippen LogP contribution in [0.5, 0.6) is 0 Å². The van der Waals surface area contributed by atoms with Crippen molar-refractivity contribution in [3.8, 4) is 0 Å². The molecule has 5 heteroatoms. The van der Waals surface area contributed by atoms with Gasteiger partial charge in [0.2, 0.25) is 0 Å². The monoisotopic (exact) mass is 289 g/mol. The van der Waals surface area contributed by atoms with Crippen molar-refractivity contribution in [1.82, 2.24) is 4.90 Å². The van der Waals surface area contributed by atoms with E-state index in [0.717, 1.165) is 17.5 Å². The minimum Gasteiger partial charge on any atom is -0.481 e. The summed E-state index contributed by atoms with van der Waals surface area (Å²) in [5.74, 6) is -1.37. The van der Waals surface area contributed by atoms with E-state index in [-0.39, 0.29) is 11.9 Å². The molecule has 2 atom stereocenters. The highest BCUT2D eigenvalue weighted by molar-refractivity contribution is 5.95. The molecule has 1 aromatic rings. The summed E-state index contributed by atoms with van der Waals surface area (Å²) in [6, 6.07) is 5.35. The van der Waals surface area contributed by atoms with E-state index in [1.54, 1.807) is 4.90 Å². The number of hydrogen-bond donors (Lipinski definition) is 1. The molecule has 1 amide bonds. The third kappa shape index (κ3) is 2.53. The SMILES string of the molecule is C[C@@H]1[C@H](C(=O)O)CCCN1C(=O)c1ccc2c(c1)COC2. The summed E-state index contributed by atoms with van der Waals surface area (Å²) in [4.78, 5) is 25.6. The lowest BCUT2D eigenvalue weighted by molar-refractivity contribution is -0.144. The highest BCUT2D eigenvalue weighted by Gasteiger charge is 2.35. The van der Waals surface area contributed by atoms with Crippen LogP contribution in [0.4, 0.5) is 0 Å². The number of hydrogen-bond acceptors (Lipinski definition) is 3. The predicted molar refractivity (Wildman–Crippen MR) is 75.8 cm³/mol. The van der Waals surface area contributed by atoms with Crippen LogP contribution >= 0.6 is 0 Å². The number of fused-ring (bicyclic) bond motifs is 1. The lowest BCUT2D eigenvalue weighted by Gasteiger charge is -2.37. The van der Waals surface area contributed by atoms with Crippen LogP contribution in [0.15, 0.2) is 18.2 Å². The molecule has 1 N–H and O–H groups in total. The normalized spacial score (nSPS) is 24.7. The number of likely N-dealkylation sites (tertiary alicyclic amines) is 1. The lowest BCUT2D eigenvalue weighted by atomic mass is 9.89. The maximum Gasteiger partial charge on any atom is 0.308 e. The van der Waals surface area contributed by atoms with Gasteiger partial charge < -0.3 is 14.7 Å². The third-order valence-electron chi connectivity index (χ3n) is 4.53. The predicted octanol–water partition coefficient (Wildman–Crippen LogP) is 2.04. The van der Waals surface area contributed by atoms with E-state index in [9.17, 15) is 14.7 Å². The number of carboxylic acids is 1. The molecule has 3 rings (SSSR count). The minimum atomic E-state index is -0.817. The molecular formula is C16H19NO4. The number of amides is 1. The van der Waals surface area contributed by atoms with Crippen LogP contribution in [0.3, 0.4) is 0 Å². The summed E-state index contributed by atoms with van der Waals surface area (Å²) in [7, 11) is 0. The van der Waals surface area contributed by atoms with E-state index in [2.05, 4.69) is 0 Å². The van der Waals surface area contributed by atoms with Crippen molar-refractivity contribution in [1.29, 1.82) is 0 Å². The number of carbonyl (C=O) groups is 2. The second-order valence-electron chi connectivity index (χ2n) is 5.80. The molecular weight excluding hydrogens is 270 g/mol. The number of nitrogens with zero attached hydrogens (tertiary/aromatic N) is 1. The van der Waals surface area contributed by atoms with Crippen LogP contribution in [0.1, 0.15) is 41.3 Å². The number of benzene rings is 1. The Morgan fingerprint density at radius 2 is 2.05 bits per heavy atom. The zero-order chi connectivity index (χ0) is 15.0. The van der Waals surface area contributed by atoms with Crippen LogP contribution in [0.2, 0.25) is 0 Å². The zero-order valence-electron chi connectivity index (χ0n) is 12.0. The van der Waals surface area contributed by atoms with Crippen LogP contribution in [-0.4, -0.2) is 34.5 Å². The fourth-order valence-corrected chi connectivity index (χ4v) is 3.23. The lowest BCUT2D eigenvalue weighted by Crippen LogP contribution is -2.49. The number of carbonyl (C=O) groups excluding carboxylic acids is 1. The van der Waals surface area contributed by atoms with Crippen LogP contribution in [0.25, 0.3) is 0 Å². The van der Waals surface area contributed by atoms with E-state index in [1.165, 1.54) is 0 Å². The number of carboxylic acid groups (broad SMARTS) is 1. The smallest absolute Gasteiger partial charge is 0.308 e. The van der Waals surface area contributed by atoms with Gasteiger partial charge in [-0.3, -0.25) is 9.59 Å². The average Bonchev–Trinajstić information content (AvgIpc) is 2.93. The first-order valence-electron chi connectivity index (χ1n) is 7.31. The van der Waals surface area contributed by atoms with E-state index >= 15 is 0 Å². The van der Waals surface area contributed by atoms with Crippen molar-refractivity contribution in [3.05, 3.63) is 34.9 Å². The van der Waals surface area contributed by atoms with Gasteiger partial charge in [0, 0.05) is 18.2 Å². The Bertz CT molecular complexity index is 584. The first-order valence-corrected chi connectivity index (χ1v) is 7.31. The molecule has 0 bridgehead atoms. The minimum absolute atomic E-state index is 0.0804. The molecule has 0 aliphatic carbocycles.